The molecule has 0 aliphatic heterocycles. The Labute approximate surface area is 153 Å². The number of nitrogens with one attached hydrogen (secondary N) is 1. The highest BCUT2D eigenvalue weighted by molar-refractivity contribution is 5.83. The standard InChI is InChI=1S/C18H17N3O6/c1-12(16(23)19-10-14-8-5-9-25-14)26-15(22)11-21-18(24)27-17(20-21)13-6-3-2-4-7-13/h2-9,12H,10-11H2,1H3,(H,19,23)/t12-/m1/s1. The number of carbonyl (C=O) groups is 2. The van der Waals surface area contributed by atoms with Crippen LogP contribution in [-0.4, -0.2) is 27.8 Å². The van der Waals surface area contributed by atoms with Crippen LogP contribution in [0, 0.1) is 0 Å². The van der Waals surface area contributed by atoms with Crippen LogP contribution in [0.1, 0.15) is 12.7 Å². The van der Waals surface area contributed by atoms with Crippen molar-refractivity contribution in [3.8, 4) is 11.5 Å². The van der Waals surface area contributed by atoms with Gasteiger partial charge in [-0.1, -0.05) is 18.2 Å². The molecular weight excluding hydrogens is 354 g/mol. The van der Waals surface area contributed by atoms with E-state index in [1.807, 2.05) is 6.07 Å². The van der Waals surface area contributed by atoms with Crippen LogP contribution in [0.25, 0.3) is 11.5 Å². The fourth-order valence-corrected chi connectivity index (χ4v) is 2.24. The maximum absolute atomic E-state index is 12.0. The van der Waals surface area contributed by atoms with E-state index >= 15 is 0 Å². The molecule has 1 atom stereocenters. The number of rotatable bonds is 7. The average molecular weight is 371 g/mol. The minimum absolute atomic E-state index is 0.0950. The Balaban J connectivity index is 1.55. The van der Waals surface area contributed by atoms with Crippen LogP contribution in [0.5, 0.6) is 0 Å². The SMILES string of the molecule is C[C@@H](OC(=O)Cn1nc(-c2ccccc2)oc1=O)C(=O)NCc1ccco1. The molecule has 9 nitrogen and oxygen atoms in total. The van der Waals surface area contributed by atoms with E-state index in [4.69, 9.17) is 13.6 Å². The summed E-state index contributed by atoms with van der Waals surface area (Å²) in [5.41, 5.74) is 0.604. The van der Waals surface area contributed by atoms with Gasteiger partial charge in [-0.05, 0) is 31.2 Å². The largest absolute Gasteiger partial charge is 0.467 e. The molecule has 1 N–H and O–H groups in total. The predicted molar refractivity (Wildman–Crippen MR) is 92.3 cm³/mol. The van der Waals surface area contributed by atoms with Gasteiger partial charge in [-0.15, -0.1) is 5.10 Å². The molecule has 0 radical (unpaired) electrons. The summed E-state index contributed by atoms with van der Waals surface area (Å²) in [6.07, 6.45) is 0.452. The van der Waals surface area contributed by atoms with Crippen LogP contribution in [-0.2, 0) is 27.4 Å². The summed E-state index contributed by atoms with van der Waals surface area (Å²) in [5.74, 6) is -1.40. The quantitative estimate of drug-likeness (QED) is 0.623. The van der Waals surface area contributed by atoms with E-state index < -0.39 is 30.3 Å². The monoisotopic (exact) mass is 371 g/mol. The van der Waals surface area contributed by atoms with Gasteiger partial charge in [0.1, 0.15) is 12.3 Å². The lowest BCUT2D eigenvalue weighted by molar-refractivity contribution is -0.155. The van der Waals surface area contributed by atoms with Crippen LogP contribution in [0.15, 0.2) is 62.4 Å². The van der Waals surface area contributed by atoms with Crippen molar-refractivity contribution >= 4 is 11.9 Å². The van der Waals surface area contributed by atoms with E-state index in [0.29, 0.717) is 11.3 Å². The van der Waals surface area contributed by atoms with Crippen LogP contribution in [0.2, 0.25) is 0 Å². The molecular formula is C18H17N3O6. The number of hydrogen-bond donors (Lipinski definition) is 1. The van der Waals surface area contributed by atoms with Crippen LogP contribution in [0.4, 0.5) is 0 Å². The number of nitrogens with zero attached hydrogens (tertiary/aromatic N) is 2. The number of amides is 1. The highest BCUT2D eigenvalue weighted by atomic mass is 16.5. The van der Waals surface area contributed by atoms with Crippen molar-refractivity contribution in [1.82, 2.24) is 15.1 Å². The number of hydrogen-bond acceptors (Lipinski definition) is 7. The Morgan fingerprint density at radius 3 is 2.70 bits per heavy atom. The van der Waals surface area contributed by atoms with E-state index in [9.17, 15) is 14.4 Å². The van der Waals surface area contributed by atoms with E-state index in [1.54, 1.807) is 36.4 Å². The molecule has 2 aromatic heterocycles. The molecule has 27 heavy (non-hydrogen) atoms. The third-order valence-electron chi connectivity index (χ3n) is 3.60. The Bertz CT molecular complexity index is 959. The molecule has 3 aromatic rings. The summed E-state index contributed by atoms with van der Waals surface area (Å²) >= 11 is 0. The molecule has 0 bridgehead atoms. The molecule has 0 aliphatic rings. The van der Waals surface area contributed by atoms with Crippen molar-refractivity contribution in [2.45, 2.75) is 26.1 Å². The lowest BCUT2D eigenvalue weighted by Crippen LogP contribution is -2.36. The average Bonchev–Trinajstić information content (AvgIpc) is 3.30. The minimum Gasteiger partial charge on any atom is -0.467 e. The zero-order chi connectivity index (χ0) is 19.2. The Morgan fingerprint density at radius 1 is 1.22 bits per heavy atom. The van der Waals surface area contributed by atoms with Gasteiger partial charge >= 0.3 is 11.7 Å². The van der Waals surface area contributed by atoms with E-state index in [2.05, 4.69) is 10.4 Å². The van der Waals surface area contributed by atoms with Crippen molar-refractivity contribution in [2.75, 3.05) is 0 Å². The molecule has 0 saturated heterocycles. The Kier molecular flexibility index (Phi) is 5.50. The van der Waals surface area contributed by atoms with Crippen molar-refractivity contribution < 1.29 is 23.2 Å². The van der Waals surface area contributed by atoms with Crippen molar-refractivity contribution in [3.63, 3.8) is 0 Å². The minimum atomic E-state index is -1.04. The van der Waals surface area contributed by atoms with E-state index in [0.717, 1.165) is 4.68 Å². The molecule has 1 aromatic carbocycles. The molecule has 3 rings (SSSR count). The smallest absolute Gasteiger partial charge is 0.437 e. The van der Waals surface area contributed by atoms with Crippen LogP contribution >= 0.6 is 0 Å². The third-order valence-corrected chi connectivity index (χ3v) is 3.60. The van der Waals surface area contributed by atoms with Gasteiger partial charge < -0.3 is 18.9 Å². The molecule has 0 fully saturated rings. The maximum atomic E-state index is 12.0. The first kappa shape index (κ1) is 18.2. The zero-order valence-electron chi connectivity index (χ0n) is 14.5. The number of esters is 1. The first-order valence-corrected chi connectivity index (χ1v) is 8.16. The van der Waals surface area contributed by atoms with Gasteiger partial charge in [0.25, 0.3) is 5.91 Å². The topological polar surface area (TPSA) is 117 Å². The summed E-state index contributed by atoms with van der Waals surface area (Å²) in [6, 6.07) is 12.2. The second-order valence-corrected chi connectivity index (χ2v) is 5.63. The van der Waals surface area contributed by atoms with Crippen LogP contribution in [0.3, 0.4) is 0 Å². The lowest BCUT2D eigenvalue weighted by Gasteiger charge is -2.12. The second-order valence-electron chi connectivity index (χ2n) is 5.63. The van der Waals surface area contributed by atoms with Gasteiger partial charge in [-0.3, -0.25) is 9.59 Å². The number of furan rings is 1. The van der Waals surface area contributed by atoms with Gasteiger partial charge in [0, 0.05) is 5.56 Å². The summed E-state index contributed by atoms with van der Waals surface area (Å²) in [6.45, 7) is 1.14. The summed E-state index contributed by atoms with van der Waals surface area (Å²) in [7, 11) is 0. The van der Waals surface area contributed by atoms with E-state index in [-0.39, 0.29) is 12.4 Å². The van der Waals surface area contributed by atoms with Gasteiger partial charge in [-0.25, -0.2) is 4.79 Å². The molecule has 0 unspecified atom stereocenters. The van der Waals surface area contributed by atoms with Gasteiger partial charge in [-0.2, -0.15) is 4.68 Å². The lowest BCUT2D eigenvalue weighted by atomic mass is 10.2. The summed E-state index contributed by atoms with van der Waals surface area (Å²) < 4.78 is 16.0. The fraction of sp³-hybridized carbons (Fsp3) is 0.222. The number of ether oxygens (including phenoxy) is 1. The highest BCUT2D eigenvalue weighted by Gasteiger charge is 2.20. The zero-order valence-corrected chi connectivity index (χ0v) is 14.5. The van der Waals surface area contributed by atoms with Crippen molar-refractivity contribution in [1.29, 1.82) is 0 Å². The first-order valence-electron chi connectivity index (χ1n) is 8.16. The molecule has 0 saturated carbocycles. The molecule has 0 spiro atoms. The number of aromatic nitrogens is 2. The third kappa shape index (κ3) is 4.72. The highest BCUT2D eigenvalue weighted by Crippen LogP contribution is 2.13. The van der Waals surface area contributed by atoms with Crippen molar-refractivity contribution in [2.24, 2.45) is 0 Å². The first-order chi connectivity index (χ1) is 13.0. The summed E-state index contributed by atoms with van der Waals surface area (Å²) in [4.78, 5) is 35.8. The van der Waals surface area contributed by atoms with Gasteiger partial charge in [0.2, 0.25) is 5.89 Å². The maximum Gasteiger partial charge on any atom is 0.437 e. The molecule has 9 heteroatoms. The Hall–Kier alpha value is -3.62. The van der Waals surface area contributed by atoms with Gasteiger partial charge in [0.05, 0.1) is 12.8 Å². The Morgan fingerprint density at radius 2 is 2.00 bits per heavy atom. The predicted octanol–water partition coefficient (Wildman–Crippen LogP) is 1.34. The molecule has 0 aliphatic carbocycles. The second kappa shape index (κ2) is 8.17. The van der Waals surface area contributed by atoms with Crippen LogP contribution < -0.4 is 11.1 Å². The normalized spacial score (nSPS) is 11.7. The molecule has 1 amide bonds. The van der Waals surface area contributed by atoms with Gasteiger partial charge in [0.15, 0.2) is 6.10 Å². The molecule has 2 heterocycles. The van der Waals surface area contributed by atoms with Crippen molar-refractivity contribution in [3.05, 3.63) is 65.0 Å². The molecule has 140 valence electrons. The number of carbonyl (C=O) groups excluding carboxylic acids is 2. The fourth-order valence-electron chi connectivity index (χ4n) is 2.24. The van der Waals surface area contributed by atoms with E-state index in [1.165, 1.54) is 13.2 Å². The number of benzene rings is 1. The summed E-state index contributed by atoms with van der Waals surface area (Å²) in [5, 5.41) is 6.54.